The van der Waals surface area contributed by atoms with E-state index in [1.165, 1.54) is 18.2 Å². The standard InChI is InChI=1S/C13H14F4N2O/c14-10-3-1-2-9(8-10)4-5-11(13(15,16)17)19-7-6-12(20)18-19/h1-3,8,11H,4-7H2,(H,18,20). The zero-order chi connectivity index (χ0) is 14.8. The number of aryl methyl sites for hydroxylation is 1. The van der Waals surface area contributed by atoms with E-state index >= 15 is 0 Å². The highest BCUT2D eigenvalue weighted by Gasteiger charge is 2.45. The Morgan fingerprint density at radius 2 is 2.10 bits per heavy atom. The van der Waals surface area contributed by atoms with E-state index in [1.54, 1.807) is 6.07 Å². The number of hydrogen-bond donors (Lipinski definition) is 1. The van der Waals surface area contributed by atoms with Crippen molar-refractivity contribution in [2.24, 2.45) is 0 Å². The lowest BCUT2D eigenvalue weighted by Gasteiger charge is -2.28. The maximum Gasteiger partial charge on any atom is 0.405 e. The molecule has 1 N–H and O–H groups in total. The van der Waals surface area contributed by atoms with Crippen molar-refractivity contribution in [3.63, 3.8) is 0 Å². The van der Waals surface area contributed by atoms with Crippen LogP contribution < -0.4 is 5.43 Å². The maximum absolute atomic E-state index is 13.0. The number of halogens is 4. The summed E-state index contributed by atoms with van der Waals surface area (Å²) in [4.78, 5) is 11.0. The van der Waals surface area contributed by atoms with Gasteiger partial charge >= 0.3 is 6.18 Å². The Kier molecular flexibility index (Phi) is 4.27. The summed E-state index contributed by atoms with van der Waals surface area (Å²) in [6.45, 7) is 0.0339. The molecule has 1 unspecified atom stereocenters. The van der Waals surface area contributed by atoms with Crippen molar-refractivity contribution in [3.05, 3.63) is 35.6 Å². The molecule has 0 bridgehead atoms. The molecule has 1 fully saturated rings. The van der Waals surface area contributed by atoms with Gasteiger partial charge in [-0.1, -0.05) is 12.1 Å². The molecule has 1 aliphatic rings. The minimum atomic E-state index is -4.44. The number of amides is 1. The summed E-state index contributed by atoms with van der Waals surface area (Å²) in [7, 11) is 0. The molecule has 110 valence electrons. The van der Waals surface area contributed by atoms with Gasteiger partial charge in [-0.2, -0.15) is 13.2 Å². The van der Waals surface area contributed by atoms with Crippen molar-refractivity contribution in [1.29, 1.82) is 0 Å². The zero-order valence-electron chi connectivity index (χ0n) is 10.6. The molecule has 0 aromatic heterocycles. The van der Waals surface area contributed by atoms with E-state index in [4.69, 9.17) is 0 Å². The molecule has 0 aliphatic carbocycles. The van der Waals surface area contributed by atoms with Gasteiger partial charge in [0, 0.05) is 13.0 Å². The first-order valence-corrected chi connectivity index (χ1v) is 6.23. The van der Waals surface area contributed by atoms with Crippen LogP contribution in [0.2, 0.25) is 0 Å². The molecule has 1 aromatic carbocycles. The van der Waals surface area contributed by atoms with Crippen molar-refractivity contribution in [1.82, 2.24) is 10.4 Å². The molecule has 1 heterocycles. The summed E-state index contributed by atoms with van der Waals surface area (Å²) < 4.78 is 52.0. The molecular formula is C13H14F4N2O. The van der Waals surface area contributed by atoms with E-state index in [1.807, 2.05) is 0 Å². The fourth-order valence-corrected chi connectivity index (χ4v) is 2.22. The Morgan fingerprint density at radius 1 is 1.35 bits per heavy atom. The lowest BCUT2D eigenvalue weighted by atomic mass is 10.0. The van der Waals surface area contributed by atoms with Gasteiger partial charge in [0.15, 0.2) is 0 Å². The smallest absolute Gasteiger partial charge is 0.288 e. The van der Waals surface area contributed by atoms with Gasteiger partial charge < -0.3 is 0 Å². The first kappa shape index (κ1) is 14.8. The van der Waals surface area contributed by atoms with E-state index in [-0.39, 0.29) is 25.8 Å². The highest BCUT2D eigenvalue weighted by atomic mass is 19.4. The second-order valence-electron chi connectivity index (χ2n) is 4.70. The number of benzene rings is 1. The van der Waals surface area contributed by atoms with Crippen LogP contribution in [0.15, 0.2) is 24.3 Å². The van der Waals surface area contributed by atoms with Gasteiger partial charge in [-0.15, -0.1) is 0 Å². The molecule has 7 heteroatoms. The van der Waals surface area contributed by atoms with Gasteiger partial charge in [0.1, 0.15) is 11.9 Å². The number of hydrazine groups is 1. The van der Waals surface area contributed by atoms with Crippen LogP contribution in [0.5, 0.6) is 0 Å². The van der Waals surface area contributed by atoms with Crippen LogP contribution in [0.1, 0.15) is 18.4 Å². The van der Waals surface area contributed by atoms with Crippen molar-refractivity contribution in [2.75, 3.05) is 6.54 Å². The summed E-state index contributed by atoms with van der Waals surface area (Å²) in [5, 5.41) is 0.918. The highest BCUT2D eigenvalue weighted by molar-refractivity contribution is 5.77. The normalized spacial score (nSPS) is 18.1. The Labute approximate surface area is 113 Å². The average molecular weight is 290 g/mol. The van der Waals surface area contributed by atoms with Gasteiger partial charge in [-0.25, -0.2) is 9.40 Å². The Balaban J connectivity index is 2.03. The minimum absolute atomic E-state index is 0.0339. The van der Waals surface area contributed by atoms with Gasteiger partial charge in [0.05, 0.1) is 0 Å². The SMILES string of the molecule is O=C1CCN(C(CCc2cccc(F)c2)C(F)(F)F)N1. The van der Waals surface area contributed by atoms with Crippen molar-refractivity contribution in [3.8, 4) is 0 Å². The second-order valence-corrected chi connectivity index (χ2v) is 4.70. The lowest BCUT2D eigenvalue weighted by Crippen LogP contribution is -2.50. The lowest BCUT2D eigenvalue weighted by molar-refractivity contribution is -0.189. The van der Waals surface area contributed by atoms with Crippen LogP contribution in [-0.4, -0.2) is 29.7 Å². The third kappa shape index (κ3) is 3.69. The summed E-state index contributed by atoms with van der Waals surface area (Å²) in [6.07, 6.45) is -4.51. The number of nitrogens with one attached hydrogen (secondary N) is 1. The van der Waals surface area contributed by atoms with E-state index < -0.39 is 23.9 Å². The summed E-state index contributed by atoms with van der Waals surface area (Å²) in [6, 6.07) is 3.75. The quantitative estimate of drug-likeness (QED) is 0.864. The molecule has 0 radical (unpaired) electrons. The molecule has 0 saturated carbocycles. The molecule has 1 atom stereocenters. The van der Waals surface area contributed by atoms with Crippen LogP contribution in [0.3, 0.4) is 0 Å². The second kappa shape index (κ2) is 5.78. The number of rotatable bonds is 4. The Bertz CT molecular complexity index is 490. The number of carbonyl (C=O) groups is 1. The van der Waals surface area contributed by atoms with E-state index in [9.17, 15) is 22.4 Å². The maximum atomic E-state index is 13.0. The first-order valence-electron chi connectivity index (χ1n) is 6.23. The van der Waals surface area contributed by atoms with Crippen LogP contribution in [0, 0.1) is 5.82 Å². The van der Waals surface area contributed by atoms with Gasteiger partial charge in [-0.05, 0) is 30.5 Å². The number of alkyl halides is 3. The molecule has 2 rings (SSSR count). The van der Waals surface area contributed by atoms with Crippen LogP contribution >= 0.6 is 0 Å². The van der Waals surface area contributed by atoms with Gasteiger partial charge in [-0.3, -0.25) is 10.2 Å². The van der Waals surface area contributed by atoms with Crippen molar-refractivity contribution in [2.45, 2.75) is 31.5 Å². The highest BCUT2D eigenvalue weighted by Crippen LogP contribution is 2.29. The average Bonchev–Trinajstić information content (AvgIpc) is 2.74. The molecule has 1 aliphatic heterocycles. The first-order chi connectivity index (χ1) is 9.36. The van der Waals surface area contributed by atoms with Gasteiger partial charge in [0.2, 0.25) is 5.91 Å². The van der Waals surface area contributed by atoms with Crippen LogP contribution in [0.4, 0.5) is 17.6 Å². The molecule has 3 nitrogen and oxygen atoms in total. The number of carbonyl (C=O) groups excluding carboxylic acids is 1. The molecule has 1 saturated heterocycles. The molecule has 0 spiro atoms. The van der Waals surface area contributed by atoms with Crippen molar-refractivity contribution >= 4 is 5.91 Å². The Morgan fingerprint density at radius 3 is 2.65 bits per heavy atom. The monoisotopic (exact) mass is 290 g/mol. The molecular weight excluding hydrogens is 276 g/mol. The predicted octanol–water partition coefficient (Wildman–Crippen LogP) is 2.43. The fourth-order valence-electron chi connectivity index (χ4n) is 2.22. The third-order valence-corrected chi connectivity index (χ3v) is 3.20. The third-order valence-electron chi connectivity index (χ3n) is 3.20. The Hall–Kier alpha value is -1.63. The number of hydrogen-bond acceptors (Lipinski definition) is 2. The zero-order valence-corrected chi connectivity index (χ0v) is 10.6. The largest absolute Gasteiger partial charge is 0.405 e. The summed E-state index contributed by atoms with van der Waals surface area (Å²) in [5.74, 6) is -0.884. The van der Waals surface area contributed by atoms with E-state index in [0.717, 1.165) is 5.01 Å². The topological polar surface area (TPSA) is 32.3 Å². The fraction of sp³-hybridized carbons (Fsp3) is 0.462. The van der Waals surface area contributed by atoms with E-state index in [0.29, 0.717) is 5.56 Å². The predicted molar refractivity (Wildman–Crippen MR) is 64.0 cm³/mol. The van der Waals surface area contributed by atoms with Crippen molar-refractivity contribution < 1.29 is 22.4 Å². The van der Waals surface area contributed by atoms with Gasteiger partial charge in [0.25, 0.3) is 0 Å². The van der Waals surface area contributed by atoms with E-state index in [2.05, 4.69) is 5.43 Å². The molecule has 1 amide bonds. The number of nitrogens with zero attached hydrogens (tertiary/aromatic N) is 1. The molecule has 1 aromatic rings. The van der Waals surface area contributed by atoms with Crippen LogP contribution in [-0.2, 0) is 11.2 Å². The summed E-state index contributed by atoms with van der Waals surface area (Å²) >= 11 is 0. The minimum Gasteiger partial charge on any atom is -0.288 e. The van der Waals surface area contributed by atoms with Crippen LogP contribution in [0.25, 0.3) is 0 Å². The molecule has 20 heavy (non-hydrogen) atoms. The summed E-state index contributed by atoms with van der Waals surface area (Å²) in [5.41, 5.74) is 2.71.